The van der Waals surface area contributed by atoms with Crippen LogP contribution in [0.4, 0.5) is 4.39 Å². The highest BCUT2D eigenvalue weighted by atomic mass is 79.9. The minimum Gasteiger partial charge on any atom is -0.488 e. The van der Waals surface area contributed by atoms with Crippen molar-refractivity contribution in [3.05, 3.63) is 91.4 Å². The Hall–Kier alpha value is -2.41. The van der Waals surface area contributed by atoms with Crippen molar-refractivity contribution in [2.45, 2.75) is 32.8 Å². The number of rotatable bonds is 7. The predicted octanol–water partition coefficient (Wildman–Crippen LogP) is 8.14. The maximum Gasteiger partial charge on any atom is 0.358 e. The number of hydrogen-bond donors (Lipinski definition) is 0. The summed E-state index contributed by atoms with van der Waals surface area (Å²) in [4.78, 5) is 16.8. The first-order chi connectivity index (χ1) is 16.4. The minimum absolute atomic E-state index is 0.0620. The first-order valence-corrected chi connectivity index (χ1v) is 12.3. The molecular weight excluding hydrogens is 544 g/mol. The van der Waals surface area contributed by atoms with Crippen LogP contribution in [0.5, 0.6) is 5.75 Å². The lowest BCUT2D eigenvalue weighted by Crippen LogP contribution is -2.09. The molecular formula is C26H21BrCl2FNO3. The average molecular weight is 565 g/mol. The third-order valence-corrected chi connectivity index (χ3v) is 6.54. The van der Waals surface area contributed by atoms with Gasteiger partial charge in [-0.2, -0.15) is 0 Å². The number of halogens is 4. The molecule has 0 fully saturated rings. The summed E-state index contributed by atoms with van der Waals surface area (Å²) in [5, 5.41) is 0.586. The van der Waals surface area contributed by atoms with E-state index in [0.29, 0.717) is 22.0 Å². The van der Waals surface area contributed by atoms with Gasteiger partial charge < -0.3 is 9.47 Å². The van der Waals surface area contributed by atoms with Crippen molar-refractivity contribution >= 4 is 56.2 Å². The van der Waals surface area contributed by atoms with Crippen molar-refractivity contribution in [2.24, 2.45) is 0 Å². The van der Waals surface area contributed by atoms with E-state index in [4.69, 9.17) is 32.7 Å². The lowest BCUT2D eigenvalue weighted by atomic mass is 9.99. The van der Waals surface area contributed by atoms with E-state index in [1.165, 1.54) is 6.07 Å². The van der Waals surface area contributed by atoms with Crippen LogP contribution in [0.25, 0.3) is 11.1 Å². The van der Waals surface area contributed by atoms with Gasteiger partial charge in [-0.25, -0.2) is 14.2 Å². The van der Waals surface area contributed by atoms with Crippen molar-refractivity contribution in [3.63, 3.8) is 0 Å². The van der Waals surface area contributed by atoms with Gasteiger partial charge in [-0.1, -0.05) is 45.2 Å². The molecule has 4 nitrogen and oxygen atoms in total. The molecule has 1 heterocycles. The van der Waals surface area contributed by atoms with Gasteiger partial charge in [-0.3, -0.25) is 0 Å². The van der Waals surface area contributed by atoms with Gasteiger partial charge in [-0.15, -0.1) is 0 Å². The Kier molecular flexibility index (Phi) is 7.91. The molecule has 176 valence electrons. The maximum absolute atomic E-state index is 14.3. The molecule has 1 aliphatic rings. The quantitative estimate of drug-likeness (QED) is 0.272. The van der Waals surface area contributed by atoms with E-state index in [0.717, 1.165) is 40.4 Å². The molecule has 0 unspecified atom stereocenters. The zero-order valence-corrected chi connectivity index (χ0v) is 21.4. The molecule has 1 aromatic heterocycles. The second-order valence-electron chi connectivity index (χ2n) is 7.72. The first kappa shape index (κ1) is 24.7. The molecule has 8 heteroatoms. The van der Waals surface area contributed by atoms with E-state index in [-0.39, 0.29) is 23.9 Å². The number of carbonyl (C=O) groups excluding carboxylic acids is 1. The van der Waals surface area contributed by atoms with Crippen molar-refractivity contribution in [1.29, 1.82) is 0 Å². The van der Waals surface area contributed by atoms with E-state index in [9.17, 15) is 9.18 Å². The molecule has 3 aromatic rings. The Balaban J connectivity index is 1.71. The standard InChI is InChI=1S/C26H21BrCl2FNO3/c1-2-33-26(32)25-21(29)9-10-23(31-25)19-5-3-4-18(19)20-12-16(27)7-11-24(20)34-14-15-6-8-17(28)13-22(15)30/h6-13H,2-5,14H2,1H3. The predicted molar refractivity (Wildman–Crippen MR) is 136 cm³/mol. The van der Waals surface area contributed by atoms with Crippen LogP contribution in [0.3, 0.4) is 0 Å². The number of allylic oxidation sites excluding steroid dienone is 2. The molecule has 2 aromatic carbocycles. The van der Waals surface area contributed by atoms with E-state index >= 15 is 0 Å². The summed E-state index contributed by atoms with van der Waals surface area (Å²) in [7, 11) is 0. The molecule has 0 amide bonds. The average Bonchev–Trinajstić information content (AvgIpc) is 3.29. The van der Waals surface area contributed by atoms with Gasteiger partial charge in [0.15, 0.2) is 5.69 Å². The van der Waals surface area contributed by atoms with Crippen molar-refractivity contribution in [1.82, 2.24) is 4.98 Å². The van der Waals surface area contributed by atoms with Gasteiger partial charge in [0.05, 0.1) is 17.3 Å². The molecule has 0 spiro atoms. The molecule has 0 aliphatic heterocycles. The zero-order chi connectivity index (χ0) is 24.2. The van der Waals surface area contributed by atoms with Crippen LogP contribution >= 0.6 is 39.1 Å². The highest BCUT2D eigenvalue weighted by molar-refractivity contribution is 9.10. The van der Waals surface area contributed by atoms with E-state index in [1.807, 2.05) is 24.3 Å². The largest absolute Gasteiger partial charge is 0.488 e. The van der Waals surface area contributed by atoms with Crippen LogP contribution in [0.15, 0.2) is 53.0 Å². The van der Waals surface area contributed by atoms with Gasteiger partial charge >= 0.3 is 5.97 Å². The topological polar surface area (TPSA) is 48.4 Å². The number of ether oxygens (including phenoxy) is 2. The molecule has 0 atom stereocenters. The number of hydrogen-bond acceptors (Lipinski definition) is 4. The van der Waals surface area contributed by atoms with Gasteiger partial charge in [0.1, 0.15) is 18.2 Å². The van der Waals surface area contributed by atoms with Gasteiger partial charge in [0.25, 0.3) is 0 Å². The smallest absolute Gasteiger partial charge is 0.358 e. The van der Waals surface area contributed by atoms with Crippen LogP contribution in [0.2, 0.25) is 10.0 Å². The van der Waals surface area contributed by atoms with Crippen molar-refractivity contribution in [2.75, 3.05) is 6.61 Å². The zero-order valence-electron chi connectivity index (χ0n) is 18.3. The Morgan fingerprint density at radius 2 is 1.88 bits per heavy atom. The summed E-state index contributed by atoms with van der Waals surface area (Å²) in [5.74, 6) is -0.332. The Bertz CT molecular complexity index is 1280. The van der Waals surface area contributed by atoms with Crippen molar-refractivity contribution < 1.29 is 18.7 Å². The fourth-order valence-corrected chi connectivity index (χ4v) is 4.64. The minimum atomic E-state index is -0.550. The first-order valence-electron chi connectivity index (χ1n) is 10.8. The number of esters is 1. The highest BCUT2D eigenvalue weighted by Gasteiger charge is 2.24. The Morgan fingerprint density at radius 3 is 2.65 bits per heavy atom. The third-order valence-electron chi connectivity index (χ3n) is 5.51. The SMILES string of the molecule is CCOC(=O)c1nc(C2=C(c3cc(Br)ccc3OCc3ccc(Cl)cc3F)CCC2)ccc1Cl. The van der Waals surface area contributed by atoms with Crippen LogP contribution in [-0.4, -0.2) is 17.6 Å². The summed E-state index contributed by atoms with van der Waals surface area (Å²) >= 11 is 15.6. The summed E-state index contributed by atoms with van der Waals surface area (Å²) in [5.41, 5.74) is 4.17. The monoisotopic (exact) mass is 563 g/mol. The fraction of sp³-hybridized carbons (Fsp3) is 0.231. The molecule has 34 heavy (non-hydrogen) atoms. The Labute approximate surface area is 215 Å². The molecule has 4 rings (SSSR count). The number of aromatic nitrogens is 1. The lowest BCUT2D eigenvalue weighted by molar-refractivity contribution is 0.0519. The third kappa shape index (κ3) is 5.45. The summed E-state index contributed by atoms with van der Waals surface area (Å²) < 4.78 is 26.3. The summed E-state index contributed by atoms with van der Waals surface area (Å²) in [6.45, 7) is 2.03. The molecule has 0 N–H and O–H groups in total. The van der Waals surface area contributed by atoms with E-state index in [2.05, 4.69) is 20.9 Å². The molecule has 0 bridgehead atoms. The molecule has 1 aliphatic carbocycles. The molecule has 0 radical (unpaired) electrons. The fourth-order valence-electron chi connectivity index (χ4n) is 3.93. The summed E-state index contributed by atoms with van der Waals surface area (Å²) in [6.07, 6.45) is 2.54. The molecule has 0 saturated heterocycles. The number of benzene rings is 2. The van der Waals surface area contributed by atoms with Crippen LogP contribution in [-0.2, 0) is 11.3 Å². The maximum atomic E-state index is 14.3. The molecule has 0 saturated carbocycles. The van der Waals surface area contributed by atoms with Crippen LogP contribution in [0, 0.1) is 5.82 Å². The van der Waals surface area contributed by atoms with E-state index < -0.39 is 11.8 Å². The number of carbonyl (C=O) groups is 1. The van der Waals surface area contributed by atoms with Gasteiger partial charge in [0.2, 0.25) is 0 Å². The normalized spacial score (nSPS) is 13.3. The number of nitrogens with zero attached hydrogens (tertiary/aromatic N) is 1. The number of pyridine rings is 1. The lowest BCUT2D eigenvalue weighted by Gasteiger charge is -2.16. The second-order valence-corrected chi connectivity index (χ2v) is 9.48. The van der Waals surface area contributed by atoms with Gasteiger partial charge in [0, 0.05) is 20.6 Å². The summed E-state index contributed by atoms with van der Waals surface area (Å²) in [6, 6.07) is 13.7. The van der Waals surface area contributed by atoms with Gasteiger partial charge in [-0.05, 0) is 79.8 Å². The highest BCUT2D eigenvalue weighted by Crippen LogP contribution is 2.43. The van der Waals surface area contributed by atoms with Crippen molar-refractivity contribution in [3.8, 4) is 5.75 Å². The second kappa shape index (κ2) is 10.9. The van der Waals surface area contributed by atoms with Crippen LogP contribution in [0.1, 0.15) is 53.5 Å². The van der Waals surface area contributed by atoms with E-state index in [1.54, 1.807) is 25.1 Å². The van der Waals surface area contributed by atoms with Crippen LogP contribution < -0.4 is 4.74 Å². The Morgan fingerprint density at radius 1 is 1.09 bits per heavy atom.